The molecule has 0 aromatic heterocycles. The maximum Gasteiger partial charge on any atom is 0.240 e. The number of carbonyl (C=O) groups excluding carboxylic acids is 2. The molecular weight excluding hydrogens is 298 g/mol. The first-order valence-electron chi connectivity index (χ1n) is 7.57. The van der Waals surface area contributed by atoms with E-state index in [0.717, 1.165) is 0 Å². The van der Waals surface area contributed by atoms with Gasteiger partial charge in [-0.15, -0.1) is 0 Å². The number of aliphatic hydroxyl groups excluding tert-OH is 1. The molecule has 4 unspecified atom stereocenters. The molecule has 1 aromatic rings. The van der Waals surface area contributed by atoms with Gasteiger partial charge in [0.1, 0.15) is 0 Å². The van der Waals surface area contributed by atoms with Crippen LogP contribution in [0, 0.1) is 11.8 Å². The van der Waals surface area contributed by atoms with Crippen LogP contribution in [0.15, 0.2) is 30.4 Å². The molecule has 7 nitrogen and oxygen atoms in total. The molecule has 2 fully saturated rings. The van der Waals surface area contributed by atoms with E-state index in [1.165, 1.54) is 4.90 Å². The van der Waals surface area contributed by atoms with Crippen LogP contribution in [0.5, 0.6) is 0 Å². The third-order valence-corrected chi connectivity index (χ3v) is 4.55. The molecule has 1 aromatic carbocycles. The van der Waals surface area contributed by atoms with Crippen LogP contribution < -0.4 is 16.0 Å². The minimum Gasteiger partial charge on any atom is -0.399 e. The summed E-state index contributed by atoms with van der Waals surface area (Å²) in [5, 5.41) is 11.9. The highest BCUT2D eigenvalue weighted by molar-refractivity contribution is 6.23. The summed E-state index contributed by atoms with van der Waals surface area (Å²) in [6.07, 6.45) is 3.10. The van der Waals surface area contributed by atoms with Gasteiger partial charge < -0.3 is 20.9 Å². The lowest BCUT2D eigenvalue weighted by molar-refractivity contribution is -0.124. The lowest BCUT2D eigenvalue weighted by Gasteiger charge is -2.19. The van der Waals surface area contributed by atoms with Gasteiger partial charge in [0, 0.05) is 17.9 Å². The smallest absolute Gasteiger partial charge is 0.240 e. The zero-order chi connectivity index (χ0) is 16.1. The minimum atomic E-state index is -0.437. The van der Waals surface area contributed by atoms with Crippen molar-refractivity contribution in [3.8, 4) is 0 Å². The molecule has 0 radical (unpaired) electrons. The number of nitrogen functional groups attached to an aromatic ring is 1. The van der Waals surface area contributed by atoms with Crippen LogP contribution in [0.4, 0.5) is 17.1 Å². The predicted octanol–water partition coefficient (Wildman–Crippen LogP) is 0.116. The van der Waals surface area contributed by atoms with E-state index in [1.807, 2.05) is 12.2 Å². The summed E-state index contributed by atoms with van der Waals surface area (Å²) < 4.78 is 5.62. The molecule has 120 valence electrons. The van der Waals surface area contributed by atoms with E-state index < -0.39 is 11.8 Å². The maximum atomic E-state index is 12.7. The first kappa shape index (κ1) is 14.2. The minimum absolute atomic E-state index is 0.0256. The van der Waals surface area contributed by atoms with Gasteiger partial charge in [0.15, 0.2) is 0 Å². The molecule has 4 N–H and O–H groups in total. The summed E-state index contributed by atoms with van der Waals surface area (Å²) >= 11 is 0. The molecule has 0 aliphatic carbocycles. The van der Waals surface area contributed by atoms with Crippen molar-refractivity contribution < 1.29 is 19.4 Å². The number of fused-ring (bicyclic) bond motifs is 5. The molecule has 2 amide bonds. The highest BCUT2D eigenvalue weighted by atomic mass is 16.5. The van der Waals surface area contributed by atoms with Crippen LogP contribution in [0.2, 0.25) is 0 Å². The quantitative estimate of drug-likeness (QED) is 0.414. The highest BCUT2D eigenvalue weighted by Crippen LogP contribution is 2.46. The van der Waals surface area contributed by atoms with Gasteiger partial charge >= 0.3 is 0 Å². The topological polar surface area (TPSA) is 105 Å². The average molecular weight is 315 g/mol. The van der Waals surface area contributed by atoms with Crippen molar-refractivity contribution in [1.29, 1.82) is 0 Å². The van der Waals surface area contributed by atoms with E-state index in [1.54, 1.807) is 18.2 Å². The van der Waals surface area contributed by atoms with Gasteiger partial charge in [0.2, 0.25) is 11.8 Å². The zero-order valence-corrected chi connectivity index (χ0v) is 12.3. The Kier molecular flexibility index (Phi) is 3.14. The molecule has 2 bridgehead atoms. The zero-order valence-electron chi connectivity index (χ0n) is 12.3. The standard InChI is InChI=1S/C16H17N3O4/c17-8-5-9(18-3-4-20)7-10(6-8)19-15(21)13-11-1-2-12(23-11)14(13)16(19)22/h1-2,5-7,11-14,18,20H,3-4,17H2. The number of hydrogen-bond donors (Lipinski definition) is 3. The van der Waals surface area contributed by atoms with Crippen LogP contribution in [0.1, 0.15) is 0 Å². The van der Waals surface area contributed by atoms with Gasteiger partial charge in [-0.1, -0.05) is 12.2 Å². The van der Waals surface area contributed by atoms with Crippen LogP contribution in [-0.2, 0) is 14.3 Å². The molecule has 0 spiro atoms. The van der Waals surface area contributed by atoms with E-state index in [-0.39, 0.29) is 30.6 Å². The number of ether oxygens (including phenoxy) is 1. The number of nitrogens with one attached hydrogen (secondary N) is 1. The van der Waals surface area contributed by atoms with E-state index in [4.69, 9.17) is 15.6 Å². The third-order valence-electron chi connectivity index (χ3n) is 4.55. The normalized spacial score (nSPS) is 31.1. The Hall–Kier alpha value is -2.38. The second-order valence-corrected chi connectivity index (χ2v) is 5.98. The SMILES string of the molecule is Nc1cc(NCCO)cc(N2C(=O)C3C4C=CC(O4)C3C2=O)c1. The van der Waals surface area contributed by atoms with Crippen LogP contribution in [0.25, 0.3) is 0 Å². The first-order chi connectivity index (χ1) is 11.1. The van der Waals surface area contributed by atoms with E-state index in [2.05, 4.69) is 5.32 Å². The summed E-state index contributed by atoms with van der Waals surface area (Å²) in [7, 11) is 0. The van der Waals surface area contributed by atoms with Crippen LogP contribution >= 0.6 is 0 Å². The predicted molar refractivity (Wildman–Crippen MR) is 83.7 cm³/mol. The molecule has 3 aliphatic heterocycles. The molecule has 23 heavy (non-hydrogen) atoms. The summed E-state index contributed by atoms with van der Waals surface area (Å²) in [5.41, 5.74) is 7.44. The van der Waals surface area contributed by atoms with Crippen molar-refractivity contribution in [3.63, 3.8) is 0 Å². The summed E-state index contributed by atoms with van der Waals surface area (Å²) in [5.74, 6) is -1.35. The van der Waals surface area contributed by atoms with Crippen molar-refractivity contribution in [2.75, 3.05) is 29.1 Å². The van der Waals surface area contributed by atoms with Crippen molar-refractivity contribution in [3.05, 3.63) is 30.4 Å². The highest BCUT2D eigenvalue weighted by Gasteiger charge is 2.61. The molecule has 0 saturated carbocycles. The van der Waals surface area contributed by atoms with E-state index in [0.29, 0.717) is 23.6 Å². The Bertz CT molecular complexity index is 687. The fourth-order valence-electron chi connectivity index (χ4n) is 3.62. The number of amides is 2. The molecule has 4 rings (SSSR count). The lowest BCUT2D eigenvalue weighted by atomic mass is 9.85. The number of carbonyl (C=O) groups is 2. The lowest BCUT2D eigenvalue weighted by Crippen LogP contribution is -2.34. The number of nitrogens with zero attached hydrogens (tertiary/aromatic N) is 1. The third kappa shape index (κ3) is 2.04. The van der Waals surface area contributed by atoms with Crippen LogP contribution in [0.3, 0.4) is 0 Å². The van der Waals surface area contributed by atoms with Crippen molar-refractivity contribution in [1.82, 2.24) is 0 Å². The number of anilines is 3. The Balaban J connectivity index is 1.67. The molecule has 7 heteroatoms. The second kappa shape index (κ2) is 5.07. The fourth-order valence-corrected chi connectivity index (χ4v) is 3.62. The van der Waals surface area contributed by atoms with Crippen molar-refractivity contribution in [2.24, 2.45) is 11.8 Å². The Labute approximate surface area is 132 Å². The molecule has 2 saturated heterocycles. The van der Waals surface area contributed by atoms with Crippen LogP contribution in [-0.4, -0.2) is 42.3 Å². The Morgan fingerprint density at radius 3 is 2.39 bits per heavy atom. The average Bonchev–Trinajstić information content (AvgIpc) is 3.18. The van der Waals surface area contributed by atoms with Crippen molar-refractivity contribution >= 4 is 28.9 Å². The van der Waals surface area contributed by atoms with Gasteiger partial charge in [-0.25, -0.2) is 4.90 Å². The first-order valence-corrected chi connectivity index (χ1v) is 7.57. The summed E-state index contributed by atoms with van der Waals surface area (Å²) in [4.78, 5) is 26.6. The van der Waals surface area contributed by atoms with E-state index in [9.17, 15) is 9.59 Å². The Morgan fingerprint density at radius 2 is 1.78 bits per heavy atom. The number of hydrogen-bond acceptors (Lipinski definition) is 6. The molecule has 4 atom stereocenters. The van der Waals surface area contributed by atoms with Gasteiger partial charge in [-0.05, 0) is 18.2 Å². The molecule has 3 aliphatic rings. The van der Waals surface area contributed by atoms with Gasteiger partial charge in [0.25, 0.3) is 0 Å². The maximum absolute atomic E-state index is 12.7. The number of imide groups is 1. The van der Waals surface area contributed by atoms with E-state index >= 15 is 0 Å². The number of benzene rings is 1. The number of rotatable bonds is 4. The largest absolute Gasteiger partial charge is 0.399 e. The molecular formula is C16H17N3O4. The summed E-state index contributed by atoms with van der Waals surface area (Å²) in [6, 6.07) is 5.00. The second-order valence-electron chi connectivity index (χ2n) is 5.98. The summed E-state index contributed by atoms with van der Waals surface area (Å²) in [6.45, 7) is 0.334. The Morgan fingerprint density at radius 1 is 1.13 bits per heavy atom. The monoisotopic (exact) mass is 315 g/mol. The van der Waals surface area contributed by atoms with Gasteiger partial charge in [0.05, 0.1) is 36.3 Å². The van der Waals surface area contributed by atoms with Gasteiger partial charge in [-0.3, -0.25) is 9.59 Å². The number of aliphatic hydroxyl groups is 1. The van der Waals surface area contributed by atoms with Gasteiger partial charge in [-0.2, -0.15) is 0 Å². The number of nitrogens with two attached hydrogens (primary N) is 1. The fraction of sp³-hybridized carbons (Fsp3) is 0.375. The molecule has 3 heterocycles. The van der Waals surface area contributed by atoms with Crippen molar-refractivity contribution in [2.45, 2.75) is 12.2 Å².